The molecule has 0 saturated heterocycles. The van der Waals surface area contributed by atoms with Gasteiger partial charge in [-0.3, -0.25) is 0 Å². The Bertz CT molecular complexity index is 640. The number of halogens is 5. The Balaban J connectivity index is 2.56. The number of benzene rings is 2. The third-order valence-corrected chi connectivity index (χ3v) is 3.46. The number of nitrogens with one attached hydrogen (secondary N) is 1. The van der Waals surface area contributed by atoms with Crippen molar-refractivity contribution in [1.82, 2.24) is 5.32 Å². The first-order valence-electron chi connectivity index (χ1n) is 6.26. The van der Waals surface area contributed by atoms with Gasteiger partial charge in [-0.05, 0) is 36.4 Å². The lowest BCUT2D eigenvalue weighted by atomic mass is 9.97. The third kappa shape index (κ3) is 3.44. The van der Waals surface area contributed by atoms with Crippen molar-refractivity contribution in [3.63, 3.8) is 0 Å². The van der Waals surface area contributed by atoms with Crippen molar-refractivity contribution >= 4 is 15.9 Å². The van der Waals surface area contributed by atoms with Crippen molar-refractivity contribution in [2.75, 3.05) is 6.54 Å². The minimum absolute atomic E-state index is 0.0757. The van der Waals surface area contributed by atoms with Crippen molar-refractivity contribution in [3.05, 3.63) is 69.2 Å². The summed E-state index contributed by atoms with van der Waals surface area (Å²) < 4.78 is 54.4. The lowest BCUT2D eigenvalue weighted by molar-refractivity contribution is 0.433. The van der Waals surface area contributed by atoms with Crippen LogP contribution < -0.4 is 5.32 Å². The second-order valence-corrected chi connectivity index (χ2v) is 5.37. The maximum atomic E-state index is 14.0. The normalized spacial score (nSPS) is 12.5. The lowest BCUT2D eigenvalue weighted by Crippen LogP contribution is -2.23. The maximum absolute atomic E-state index is 14.0. The van der Waals surface area contributed by atoms with Gasteiger partial charge in [-0.1, -0.05) is 28.9 Å². The van der Waals surface area contributed by atoms with E-state index in [4.69, 9.17) is 0 Å². The van der Waals surface area contributed by atoms with Gasteiger partial charge >= 0.3 is 0 Å². The number of hydrogen-bond donors (Lipinski definition) is 1. The van der Waals surface area contributed by atoms with Crippen molar-refractivity contribution in [2.45, 2.75) is 13.0 Å². The summed E-state index contributed by atoms with van der Waals surface area (Å²) in [7, 11) is 0. The van der Waals surface area contributed by atoms with E-state index >= 15 is 0 Å². The fraction of sp³-hybridized carbons (Fsp3) is 0.200. The monoisotopic (exact) mass is 361 g/mol. The van der Waals surface area contributed by atoms with E-state index in [2.05, 4.69) is 21.2 Å². The summed E-state index contributed by atoms with van der Waals surface area (Å²) in [5.41, 5.74) is 0.335. The van der Waals surface area contributed by atoms with E-state index in [1.807, 2.05) is 0 Å². The Morgan fingerprint density at radius 2 is 1.76 bits per heavy atom. The predicted molar refractivity (Wildman–Crippen MR) is 75.9 cm³/mol. The molecule has 0 aliphatic rings. The predicted octanol–water partition coefficient (Wildman–Crippen LogP) is 4.70. The molecule has 0 aromatic heterocycles. The first-order valence-corrected chi connectivity index (χ1v) is 7.06. The number of hydrogen-bond acceptors (Lipinski definition) is 1. The zero-order valence-electron chi connectivity index (χ0n) is 11.1. The summed E-state index contributed by atoms with van der Waals surface area (Å²) >= 11 is 3.15. The third-order valence-electron chi connectivity index (χ3n) is 3.00. The van der Waals surface area contributed by atoms with Crippen LogP contribution in [0.25, 0.3) is 0 Å². The van der Waals surface area contributed by atoms with E-state index in [9.17, 15) is 17.6 Å². The zero-order valence-corrected chi connectivity index (χ0v) is 12.6. The van der Waals surface area contributed by atoms with Gasteiger partial charge in [0.1, 0.15) is 5.82 Å². The van der Waals surface area contributed by atoms with Gasteiger partial charge in [0.15, 0.2) is 17.5 Å². The highest BCUT2D eigenvalue weighted by atomic mass is 79.9. The van der Waals surface area contributed by atoms with Gasteiger partial charge in [-0.25, -0.2) is 17.6 Å². The first kappa shape index (κ1) is 16.0. The summed E-state index contributed by atoms with van der Waals surface area (Å²) in [5.74, 6) is -4.58. The van der Waals surface area contributed by atoms with Crippen molar-refractivity contribution in [1.29, 1.82) is 0 Å². The van der Waals surface area contributed by atoms with E-state index in [0.717, 1.165) is 12.1 Å². The van der Waals surface area contributed by atoms with E-state index in [1.54, 1.807) is 13.0 Å². The van der Waals surface area contributed by atoms with Gasteiger partial charge in [0.2, 0.25) is 0 Å². The van der Waals surface area contributed by atoms with Crippen LogP contribution in [0.1, 0.15) is 24.1 Å². The molecule has 1 nitrogen and oxygen atoms in total. The molecular formula is C15H12BrF4N. The zero-order chi connectivity index (χ0) is 15.6. The highest BCUT2D eigenvalue weighted by Crippen LogP contribution is 2.29. The van der Waals surface area contributed by atoms with E-state index in [0.29, 0.717) is 16.6 Å². The van der Waals surface area contributed by atoms with Crippen LogP contribution in [0.4, 0.5) is 17.6 Å². The molecule has 1 unspecified atom stereocenters. The van der Waals surface area contributed by atoms with Gasteiger partial charge in [-0.2, -0.15) is 0 Å². The smallest absolute Gasteiger partial charge is 0.194 e. The average molecular weight is 362 g/mol. The molecule has 1 N–H and O–H groups in total. The lowest BCUT2D eigenvalue weighted by Gasteiger charge is -2.20. The highest BCUT2D eigenvalue weighted by molar-refractivity contribution is 9.10. The Morgan fingerprint density at radius 3 is 2.38 bits per heavy atom. The van der Waals surface area contributed by atoms with Crippen LogP contribution in [0, 0.1) is 23.3 Å². The van der Waals surface area contributed by atoms with Gasteiger partial charge in [0, 0.05) is 10.0 Å². The van der Waals surface area contributed by atoms with E-state index in [1.165, 1.54) is 12.1 Å². The molecule has 0 fully saturated rings. The van der Waals surface area contributed by atoms with Gasteiger partial charge in [0.05, 0.1) is 6.04 Å². The Kier molecular flexibility index (Phi) is 5.00. The molecule has 2 aromatic carbocycles. The molecule has 0 spiro atoms. The molecule has 1 atom stereocenters. The summed E-state index contributed by atoms with van der Waals surface area (Å²) in [6.45, 7) is 2.22. The molecule has 0 amide bonds. The molecule has 0 heterocycles. The molecule has 0 saturated carbocycles. The fourth-order valence-corrected chi connectivity index (χ4v) is 2.60. The van der Waals surface area contributed by atoms with Crippen molar-refractivity contribution in [3.8, 4) is 0 Å². The summed E-state index contributed by atoms with van der Waals surface area (Å²) in [6, 6.07) is 5.30. The summed E-state index contributed by atoms with van der Waals surface area (Å²) in [5, 5.41) is 2.94. The van der Waals surface area contributed by atoms with Gasteiger partial charge in [0.25, 0.3) is 0 Å². The van der Waals surface area contributed by atoms with Crippen LogP contribution in [0.2, 0.25) is 0 Å². The van der Waals surface area contributed by atoms with Crippen LogP contribution >= 0.6 is 15.9 Å². The van der Waals surface area contributed by atoms with Crippen molar-refractivity contribution in [2.24, 2.45) is 0 Å². The molecule has 0 aliphatic carbocycles. The molecule has 21 heavy (non-hydrogen) atoms. The second-order valence-electron chi connectivity index (χ2n) is 4.46. The second kappa shape index (κ2) is 6.58. The minimum Gasteiger partial charge on any atom is -0.306 e. The largest absolute Gasteiger partial charge is 0.306 e. The summed E-state index contributed by atoms with van der Waals surface area (Å²) in [4.78, 5) is 0. The molecule has 112 valence electrons. The molecule has 6 heteroatoms. The standard InChI is InChI=1S/C15H12BrF4N/c1-2-21-15(8-5-9(16)7-10(17)6-8)11-3-4-12(18)14(20)13(11)19/h3-7,15,21H,2H2,1H3. The quantitative estimate of drug-likeness (QED) is 0.614. The molecule has 2 aromatic rings. The fourth-order valence-electron chi connectivity index (χ4n) is 2.12. The van der Waals surface area contributed by atoms with E-state index < -0.39 is 29.3 Å². The van der Waals surface area contributed by atoms with Crippen molar-refractivity contribution < 1.29 is 17.6 Å². The van der Waals surface area contributed by atoms with Crippen LogP contribution in [0.3, 0.4) is 0 Å². The Morgan fingerprint density at radius 1 is 1.05 bits per heavy atom. The topological polar surface area (TPSA) is 12.0 Å². The molecule has 2 rings (SSSR count). The van der Waals surface area contributed by atoms with E-state index in [-0.39, 0.29) is 5.56 Å². The minimum atomic E-state index is -1.54. The SMILES string of the molecule is CCNC(c1cc(F)cc(Br)c1)c1ccc(F)c(F)c1F. The molecule has 0 bridgehead atoms. The van der Waals surface area contributed by atoms with Gasteiger partial charge < -0.3 is 5.32 Å². The van der Waals surface area contributed by atoms with Gasteiger partial charge in [-0.15, -0.1) is 0 Å². The molecular weight excluding hydrogens is 350 g/mol. The maximum Gasteiger partial charge on any atom is 0.194 e. The van der Waals surface area contributed by atoms with Crippen LogP contribution in [-0.2, 0) is 0 Å². The average Bonchev–Trinajstić information content (AvgIpc) is 2.42. The highest BCUT2D eigenvalue weighted by Gasteiger charge is 2.22. The van der Waals surface area contributed by atoms with Crippen LogP contribution in [0.5, 0.6) is 0 Å². The molecule has 0 aliphatic heterocycles. The number of rotatable bonds is 4. The van der Waals surface area contributed by atoms with Crippen LogP contribution in [-0.4, -0.2) is 6.54 Å². The Labute approximate surface area is 128 Å². The molecule has 0 radical (unpaired) electrons. The van der Waals surface area contributed by atoms with Crippen LogP contribution in [0.15, 0.2) is 34.8 Å². The summed E-state index contributed by atoms with van der Waals surface area (Å²) in [6.07, 6.45) is 0. The Hall–Kier alpha value is -1.40. The first-order chi connectivity index (χ1) is 9.93.